The summed E-state index contributed by atoms with van der Waals surface area (Å²) in [7, 11) is 0. The fraction of sp³-hybridized carbons (Fsp3) is 1.00. The first-order valence-electron chi connectivity index (χ1n) is 6.51. The molecule has 0 radical (unpaired) electrons. The zero-order valence-corrected chi connectivity index (χ0v) is 10.2. The van der Waals surface area contributed by atoms with Crippen LogP contribution in [0.1, 0.15) is 59.3 Å². The Kier molecular flexibility index (Phi) is 5.54. The van der Waals surface area contributed by atoms with Crippen molar-refractivity contribution in [1.29, 1.82) is 0 Å². The Morgan fingerprint density at radius 1 is 1.21 bits per heavy atom. The van der Waals surface area contributed by atoms with Crippen molar-refractivity contribution in [3.63, 3.8) is 0 Å². The van der Waals surface area contributed by atoms with Crippen LogP contribution in [0.2, 0.25) is 0 Å². The molecule has 0 aliphatic heterocycles. The monoisotopic (exact) mass is 197 g/mol. The maximum atomic E-state index is 3.70. The van der Waals surface area contributed by atoms with E-state index in [2.05, 4.69) is 26.1 Å². The number of hydrogen-bond donors (Lipinski definition) is 1. The topological polar surface area (TPSA) is 12.0 Å². The molecule has 0 spiro atoms. The van der Waals surface area contributed by atoms with E-state index in [1.807, 2.05) is 0 Å². The molecule has 84 valence electrons. The largest absolute Gasteiger partial charge is 0.314 e. The van der Waals surface area contributed by atoms with Crippen LogP contribution in [-0.4, -0.2) is 12.6 Å². The molecule has 1 N–H and O–H groups in total. The van der Waals surface area contributed by atoms with Gasteiger partial charge in [0.2, 0.25) is 0 Å². The Bertz CT molecular complexity index is 140. The molecule has 1 aliphatic carbocycles. The third-order valence-electron chi connectivity index (χ3n) is 3.35. The van der Waals surface area contributed by atoms with Crippen molar-refractivity contribution in [2.24, 2.45) is 11.8 Å². The smallest absolute Gasteiger partial charge is 0.00926 e. The standard InChI is InChI=1S/C13H27N/c1-4-6-13(14-9-5-2)11(3)10-12-7-8-12/h11-14H,4-10H2,1-3H3. The van der Waals surface area contributed by atoms with Crippen molar-refractivity contribution in [1.82, 2.24) is 5.32 Å². The zero-order valence-electron chi connectivity index (χ0n) is 10.2. The maximum Gasteiger partial charge on any atom is 0.00926 e. The van der Waals surface area contributed by atoms with Crippen LogP contribution in [0.3, 0.4) is 0 Å². The molecule has 1 saturated carbocycles. The molecule has 0 heterocycles. The van der Waals surface area contributed by atoms with Gasteiger partial charge in [-0.1, -0.05) is 40.0 Å². The van der Waals surface area contributed by atoms with Gasteiger partial charge in [-0.05, 0) is 37.6 Å². The molecule has 2 unspecified atom stereocenters. The first-order chi connectivity index (χ1) is 6.77. The first-order valence-corrected chi connectivity index (χ1v) is 6.51. The summed E-state index contributed by atoms with van der Waals surface area (Å²) in [5.74, 6) is 1.96. The van der Waals surface area contributed by atoms with Gasteiger partial charge in [0, 0.05) is 6.04 Å². The average molecular weight is 197 g/mol. The Morgan fingerprint density at radius 3 is 2.43 bits per heavy atom. The summed E-state index contributed by atoms with van der Waals surface area (Å²) in [6.45, 7) is 8.17. The second kappa shape index (κ2) is 6.44. The highest BCUT2D eigenvalue weighted by Gasteiger charge is 2.26. The van der Waals surface area contributed by atoms with Crippen LogP contribution in [0.25, 0.3) is 0 Å². The Labute approximate surface area is 89.7 Å². The van der Waals surface area contributed by atoms with Gasteiger partial charge in [-0.15, -0.1) is 0 Å². The predicted molar refractivity (Wildman–Crippen MR) is 63.5 cm³/mol. The lowest BCUT2D eigenvalue weighted by Crippen LogP contribution is -2.35. The van der Waals surface area contributed by atoms with E-state index in [0.29, 0.717) is 0 Å². The van der Waals surface area contributed by atoms with E-state index >= 15 is 0 Å². The van der Waals surface area contributed by atoms with E-state index in [1.165, 1.54) is 45.1 Å². The van der Waals surface area contributed by atoms with Crippen molar-refractivity contribution in [3.05, 3.63) is 0 Å². The van der Waals surface area contributed by atoms with Crippen LogP contribution in [0.5, 0.6) is 0 Å². The quantitative estimate of drug-likeness (QED) is 0.627. The molecule has 2 atom stereocenters. The number of hydrogen-bond acceptors (Lipinski definition) is 1. The molecule has 14 heavy (non-hydrogen) atoms. The molecule has 0 aromatic heterocycles. The van der Waals surface area contributed by atoms with Gasteiger partial charge < -0.3 is 5.32 Å². The minimum absolute atomic E-state index is 0.778. The summed E-state index contributed by atoms with van der Waals surface area (Å²) in [5.41, 5.74) is 0. The molecule has 1 rings (SSSR count). The number of nitrogens with one attached hydrogen (secondary N) is 1. The molecule has 0 amide bonds. The molecule has 1 heteroatoms. The average Bonchev–Trinajstić information content (AvgIpc) is 2.95. The lowest BCUT2D eigenvalue weighted by Gasteiger charge is -2.24. The molecular formula is C13H27N. The van der Waals surface area contributed by atoms with Crippen molar-refractivity contribution in [2.45, 2.75) is 65.3 Å². The fourth-order valence-electron chi connectivity index (χ4n) is 2.27. The summed E-state index contributed by atoms with van der Waals surface area (Å²) in [6.07, 6.45) is 8.38. The second-order valence-corrected chi connectivity index (χ2v) is 5.01. The van der Waals surface area contributed by atoms with Gasteiger partial charge >= 0.3 is 0 Å². The number of rotatable bonds is 8. The van der Waals surface area contributed by atoms with Crippen LogP contribution >= 0.6 is 0 Å². The minimum atomic E-state index is 0.778. The van der Waals surface area contributed by atoms with Crippen LogP contribution in [0.4, 0.5) is 0 Å². The summed E-state index contributed by atoms with van der Waals surface area (Å²) in [6, 6.07) is 0.778. The van der Waals surface area contributed by atoms with Gasteiger partial charge in [0.25, 0.3) is 0 Å². The molecule has 0 aromatic carbocycles. The van der Waals surface area contributed by atoms with Crippen molar-refractivity contribution in [2.75, 3.05) is 6.54 Å². The van der Waals surface area contributed by atoms with E-state index in [0.717, 1.165) is 17.9 Å². The van der Waals surface area contributed by atoms with Gasteiger partial charge in [0.05, 0.1) is 0 Å². The molecule has 0 bridgehead atoms. The second-order valence-electron chi connectivity index (χ2n) is 5.01. The summed E-state index contributed by atoms with van der Waals surface area (Å²) >= 11 is 0. The normalized spacial score (nSPS) is 20.8. The van der Waals surface area contributed by atoms with Gasteiger partial charge in [0.15, 0.2) is 0 Å². The van der Waals surface area contributed by atoms with E-state index in [-0.39, 0.29) is 0 Å². The Hall–Kier alpha value is -0.0400. The van der Waals surface area contributed by atoms with Gasteiger partial charge in [-0.3, -0.25) is 0 Å². The lowest BCUT2D eigenvalue weighted by molar-refractivity contribution is 0.325. The van der Waals surface area contributed by atoms with Gasteiger partial charge in [-0.2, -0.15) is 0 Å². The first kappa shape index (κ1) is 12.0. The molecule has 0 aromatic rings. The van der Waals surface area contributed by atoms with Gasteiger partial charge in [0.1, 0.15) is 0 Å². The predicted octanol–water partition coefficient (Wildman–Crippen LogP) is 3.59. The van der Waals surface area contributed by atoms with Crippen molar-refractivity contribution < 1.29 is 0 Å². The van der Waals surface area contributed by atoms with Crippen molar-refractivity contribution >= 4 is 0 Å². The van der Waals surface area contributed by atoms with Crippen LogP contribution in [0, 0.1) is 11.8 Å². The van der Waals surface area contributed by atoms with E-state index in [9.17, 15) is 0 Å². The van der Waals surface area contributed by atoms with Gasteiger partial charge in [-0.25, -0.2) is 0 Å². The van der Waals surface area contributed by atoms with E-state index < -0.39 is 0 Å². The Balaban J connectivity index is 2.22. The minimum Gasteiger partial charge on any atom is -0.314 e. The summed E-state index contributed by atoms with van der Waals surface area (Å²) < 4.78 is 0. The third-order valence-corrected chi connectivity index (χ3v) is 3.35. The fourth-order valence-corrected chi connectivity index (χ4v) is 2.27. The third kappa shape index (κ3) is 4.45. The molecule has 0 saturated heterocycles. The van der Waals surface area contributed by atoms with Crippen molar-refractivity contribution in [3.8, 4) is 0 Å². The van der Waals surface area contributed by atoms with Crippen LogP contribution in [-0.2, 0) is 0 Å². The highest BCUT2D eigenvalue weighted by molar-refractivity contribution is 4.81. The lowest BCUT2D eigenvalue weighted by atomic mass is 9.92. The maximum absolute atomic E-state index is 3.70. The summed E-state index contributed by atoms with van der Waals surface area (Å²) in [4.78, 5) is 0. The molecule has 1 aliphatic rings. The Morgan fingerprint density at radius 2 is 1.93 bits per heavy atom. The molecule has 1 fully saturated rings. The van der Waals surface area contributed by atoms with E-state index in [1.54, 1.807) is 0 Å². The highest BCUT2D eigenvalue weighted by atomic mass is 14.9. The summed E-state index contributed by atoms with van der Waals surface area (Å²) in [5, 5.41) is 3.70. The SMILES string of the molecule is CCCNC(CCC)C(C)CC1CC1. The van der Waals surface area contributed by atoms with Crippen LogP contribution in [0.15, 0.2) is 0 Å². The van der Waals surface area contributed by atoms with Crippen LogP contribution < -0.4 is 5.32 Å². The zero-order chi connectivity index (χ0) is 10.4. The molecule has 1 nitrogen and oxygen atoms in total. The molecular weight excluding hydrogens is 170 g/mol. The highest BCUT2D eigenvalue weighted by Crippen LogP contribution is 2.36. The van der Waals surface area contributed by atoms with E-state index in [4.69, 9.17) is 0 Å².